The number of aromatic nitrogens is 1. The fourth-order valence-corrected chi connectivity index (χ4v) is 1.85. The molecule has 0 spiro atoms. The summed E-state index contributed by atoms with van der Waals surface area (Å²) in [4.78, 5) is 16.0. The summed E-state index contributed by atoms with van der Waals surface area (Å²) in [5, 5.41) is 0. The average molecular weight is 226 g/mol. The first-order valence-corrected chi connectivity index (χ1v) is 5.46. The molecule has 0 bridgehead atoms. The van der Waals surface area contributed by atoms with Crippen molar-refractivity contribution in [3.8, 4) is 0 Å². The van der Waals surface area contributed by atoms with Crippen molar-refractivity contribution in [3.05, 3.63) is 65.5 Å². The van der Waals surface area contributed by atoms with Crippen molar-refractivity contribution in [1.82, 2.24) is 4.98 Å². The first kappa shape index (κ1) is 11.3. The second-order valence-electron chi connectivity index (χ2n) is 3.95. The lowest BCUT2D eigenvalue weighted by Gasteiger charge is -2.13. The van der Waals surface area contributed by atoms with Crippen molar-refractivity contribution in [3.63, 3.8) is 0 Å². The van der Waals surface area contributed by atoms with Crippen LogP contribution in [-0.4, -0.2) is 10.9 Å². The monoisotopic (exact) mass is 226 g/mol. The number of hydrogen-bond donors (Lipinski definition) is 1. The van der Waals surface area contributed by atoms with Crippen LogP contribution in [0.4, 0.5) is 0 Å². The Bertz CT molecular complexity index is 523. The zero-order chi connectivity index (χ0) is 12.3. The molecule has 1 unspecified atom stereocenters. The van der Waals surface area contributed by atoms with E-state index in [0.717, 1.165) is 11.3 Å². The summed E-state index contributed by atoms with van der Waals surface area (Å²) in [6, 6.07) is 15.1. The van der Waals surface area contributed by atoms with Crippen molar-refractivity contribution < 1.29 is 4.79 Å². The van der Waals surface area contributed by atoms with Gasteiger partial charge in [0.2, 0.25) is 5.91 Å². The fourth-order valence-electron chi connectivity index (χ4n) is 1.85. The van der Waals surface area contributed by atoms with E-state index in [1.807, 2.05) is 55.5 Å². The SMILES string of the molecule is Cc1cccc(C(C(N)=O)c2ccccc2)n1. The third-order valence-electron chi connectivity index (χ3n) is 2.62. The van der Waals surface area contributed by atoms with Gasteiger partial charge in [-0.25, -0.2) is 0 Å². The van der Waals surface area contributed by atoms with Crippen LogP contribution in [0.15, 0.2) is 48.5 Å². The molecule has 2 N–H and O–H groups in total. The standard InChI is InChI=1S/C14H14N2O/c1-10-6-5-9-12(16-10)13(14(15)17)11-7-3-2-4-8-11/h2-9,13H,1H3,(H2,15,17). The maximum absolute atomic E-state index is 11.6. The number of primary amides is 1. The lowest BCUT2D eigenvalue weighted by Crippen LogP contribution is -2.23. The molecule has 1 aromatic heterocycles. The number of carbonyl (C=O) groups excluding carboxylic acids is 1. The van der Waals surface area contributed by atoms with E-state index in [9.17, 15) is 4.79 Å². The van der Waals surface area contributed by atoms with Crippen LogP contribution < -0.4 is 5.73 Å². The Morgan fingerprint density at radius 3 is 2.41 bits per heavy atom. The van der Waals surface area contributed by atoms with E-state index in [2.05, 4.69) is 4.98 Å². The minimum Gasteiger partial charge on any atom is -0.369 e. The van der Waals surface area contributed by atoms with Crippen molar-refractivity contribution >= 4 is 5.91 Å². The molecule has 0 fully saturated rings. The largest absolute Gasteiger partial charge is 0.369 e. The van der Waals surface area contributed by atoms with E-state index in [4.69, 9.17) is 5.73 Å². The van der Waals surface area contributed by atoms with Gasteiger partial charge in [-0.1, -0.05) is 36.4 Å². The lowest BCUT2D eigenvalue weighted by molar-refractivity contribution is -0.118. The molecule has 2 rings (SSSR count). The third-order valence-corrected chi connectivity index (χ3v) is 2.62. The Hall–Kier alpha value is -2.16. The van der Waals surface area contributed by atoms with Crippen LogP contribution in [0, 0.1) is 6.92 Å². The summed E-state index contributed by atoms with van der Waals surface area (Å²) in [5.41, 5.74) is 7.92. The molecule has 86 valence electrons. The van der Waals surface area contributed by atoms with E-state index in [1.54, 1.807) is 0 Å². The predicted molar refractivity (Wildman–Crippen MR) is 66.5 cm³/mol. The number of nitrogens with zero attached hydrogens (tertiary/aromatic N) is 1. The summed E-state index contributed by atoms with van der Waals surface area (Å²) >= 11 is 0. The second kappa shape index (κ2) is 4.78. The van der Waals surface area contributed by atoms with Gasteiger partial charge in [0.1, 0.15) is 5.92 Å². The van der Waals surface area contributed by atoms with Crippen LogP contribution in [-0.2, 0) is 4.79 Å². The van der Waals surface area contributed by atoms with Crippen molar-refractivity contribution in [2.24, 2.45) is 5.73 Å². The smallest absolute Gasteiger partial charge is 0.231 e. The van der Waals surface area contributed by atoms with E-state index in [1.165, 1.54) is 0 Å². The van der Waals surface area contributed by atoms with Crippen LogP contribution in [0.25, 0.3) is 0 Å². The molecule has 0 aliphatic carbocycles. The molecule has 0 aliphatic rings. The molecule has 3 nitrogen and oxygen atoms in total. The molecular formula is C14H14N2O. The van der Waals surface area contributed by atoms with Gasteiger partial charge in [-0.15, -0.1) is 0 Å². The molecule has 0 saturated heterocycles. The first-order valence-electron chi connectivity index (χ1n) is 5.46. The van der Waals surface area contributed by atoms with Gasteiger partial charge >= 0.3 is 0 Å². The fraction of sp³-hybridized carbons (Fsp3) is 0.143. The van der Waals surface area contributed by atoms with Crippen LogP contribution >= 0.6 is 0 Å². The molecule has 2 aromatic rings. The van der Waals surface area contributed by atoms with Gasteiger partial charge in [-0.05, 0) is 24.6 Å². The molecule has 0 radical (unpaired) electrons. The van der Waals surface area contributed by atoms with E-state index in [-0.39, 0.29) is 5.91 Å². The second-order valence-corrected chi connectivity index (χ2v) is 3.95. The normalized spacial score (nSPS) is 12.1. The van der Waals surface area contributed by atoms with Crippen LogP contribution in [0.5, 0.6) is 0 Å². The van der Waals surface area contributed by atoms with Crippen molar-refractivity contribution in [2.75, 3.05) is 0 Å². The highest BCUT2D eigenvalue weighted by atomic mass is 16.1. The lowest BCUT2D eigenvalue weighted by atomic mass is 9.94. The average Bonchev–Trinajstić information content (AvgIpc) is 2.30. The number of rotatable bonds is 3. The summed E-state index contributed by atoms with van der Waals surface area (Å²) in [6.45, 7) is 1.90. The van der Waals surface area contributed by atoms with Gasteiger partial charge in [-0.2, -0.15) is 0 Å². The van der Waals surface area contributed by atoms with Crippen LogP contribution in [0.2, 0.25) is 0 Å². The molecule has 3 heteroatoms. The highest BCUT2D eigenvalue weighted by molar-refractivity contribution is 5.85. The Labute approximate surface area is 100 Å². The Morgan fingerprint density at radius 2 is 1.82 bits per heavy atom. The number of hydrogen-bond acceptors (Lipinski definition) is 2. The molecule has 1 amide bonds. The van der Waals surface area contributed by atoms with Gasteiger partial charge in [0.25, 0.3) is 0 Å². The summed E-state index contributed by atoms with van der Waals surface area (Å²) < 4.78 is 0. The number of pyridine rings is 1. The zero-order valence-electron chi connectivity index (χ0n) is 9.63. The van der Waals surface area contributed by atoms with E-state index >= 15 is 0 Å². The highest BCUT2D eigenvalue weighted by Gasteiger charge is 2.21. The van der Waals surface area contributed by atoms with Gasteiger partial charge in [-0.3, -0.25) is 9.78 Å². The van der Waals surface area contributed by atoms with Crippen LogP contribution in [0.3, 0.4) is 0 Å². The zero-order valence-corrected chi connectivity index (χ0v) is 9.63. The summed E-state index contributed by atoms with van der Waals surface area (Å²) in [5.74, 6) is -0.856. The minimum atomic E-state index is -0.476. The van der Waals surface area contributed by atoms with E-state index in [0.29, 0.717) is 5.69 Å². The number of benzene rings is 1. The number of carbonyl (C=O) groups is 1. The molecule has 1 heterocycles. The van der Waals surface area contributed by atoms with E-state index < -0.39 is 5.92 Å². The maximum atomic E-state index is 11.6. The summed E-state index contributed by atoms with van der Waals surface area (Å²) in [7, 11) is 0. The molecule has 17 heavy (non-hydrogen) atoms. The van der Waals surface area contributed by atoms with Gasteiger partial charge in [0.15, 0.2) is 0 Å². The number of aryl methyl sites for hydroxylation is 1. The summed E-state index contributed by atoms with van der Waals surface area (Å²) in [6.07, 6.45) is 0. The minimum absolute atomic E-state index is 0.380. The Kier molecular flexibility index (Phi) is 3.19. The Balaban J connectivity index is 2.47. The van der Waals surface area contributed by atoms with Crippen LogP contribution in [0.1, 0.15) is 22.9 Å². The first-order chi connectivity index (χ1) is 8.18. The maximum Gasteiger partial charge on any atom is 0.231 e. The highest BCUT2D eigenvalue weighted by Crippen LogP contribution is 2.22. The molecular weight excluding hydrogens is 212 g/mol. The van der Waals surface area contributed by atoms with Crippen molar-refractivity contribution in [1.29, 1.82) is 0 Å². The Morgan fingerprint density at radius 1 is 1.12 bits per heavy atom. The van der Waals surface area contributed by atoms with Gasteiger partial charge in [0, 0.05) is 5.69 Å². The quantitative estimate of drug-likeness (QED) is 0.870. The molecule has 0 aliphatic heterocycles. The molecule has 1 atom stereocenters. The number of nitrogens with two attached hydrogens (primary N) is 1. The molecule has 0 saturated carbocycles. The van der Waals surface area contributed by atoms with Crippen molar-refractivity contribution in [2.45, 2.75) is 12.8 Å². The predicted octanol–water partition coefficient (Wildman–Crippen LogP) is 2.01. The third kappa shape index (κ3) is 2.50. The topological polar surface area (TPSA) is 56.0 Å². The van der Waals surface area contributed by atoms with Gasteiger partial charge in [0.05, 0.1) is 5.69 Å². The van der Waals surface area contributed by atoms with Gasteiger partial charge < -0.3 is 5.73 Å². The molecule has 1 aromatic carbocycles. The number of amides is 1.